The van der Waals surface area contributed by atoms with Gasteiger partial charge in [0.05, 0.1) is 5.69 Å². The van der Waals surface area contributed by atoms with E-state index in [2.05, 4.69) is 15.2 Å². The Bertz CT molecular complexity index is 823. The van der Waals surface area contributed by atoms with Crippen molar-refractivity contribution in [1.82, 2.24) is 19.7 Å². The van der Waals surface area contributed by atoms with E-state index in [4.69, 9.17) is 16.7 Å². The third-order valence-electron chi connectivity index (χ3n) is 3.59. The molecule has 24 heavy (non-hydrogen) atoms. The first-order chi connectivity index (χ1) is 11.7. The number of hydrogen-bond acceptors (Lipinski definition) is 5. The summed E-state index contributed by atoms with van der Waals surface area (Å²) in [4.78, 5) is 4.06. The normalized spacial score (nSPS) is 11.0. The van der Waals surface area contributed by atoms with E-state index in [9.17, 15) is 0 Å². The largest absolute Gasteiger partial charge is 0.396 e. The van der Waals surface area contributed by atoms with E-state index in [1.807, 2.05) is 41.8 Å². The molecule has 2 aromatic heterocycles. The van der Waals surface area contributed by atoms with Crippen LogP contribution >= 0.6 is 23.4 Å². The van der Waals surface area contributed by atoms with Crippen molar-refractivity contribution >= 4 is 23.4 Å². The lowest BCUT2D eigenvalue weighted by molar-refractivity contribution is 0.296. The molecule has 0 saturated carbocycles. The summed E-state index contributed by atoms with van der Waals surface area (Å²) in [6, 6.07) is 9.61. The molecule has 7 heteroatoms. The van der Waals surface area contributed by atoms with Gasteiger partial charge in [-0.1, -0.05) is 29.4 Å². The van der Waals surface area contributed by atoms with Crippen molar-refractivity contribution in [3.05, 3.63) is 53.3 Å². The van der Waals surface area contributed by atoms with Crippen LogP contribution in [0.5, 0.6) is 0 Å². The number of hydrogen-bond donors (Lipinski definition) is 1. The highest BCUT2D eigenvalue weighted by Gasteiger charge is 2.18. The molecular formula is C17H17ClN4OS. The van der Waals surface area contributed by atoms with E-state index in [1.165, 1.54) is 0 Å². The second-order valence-electron chi connectivity index (χ2n) is 5.19. The molecule has 0 amide bonds. The molecule has 0 aliphatic carbocycles. The van der Waals surface area contributed by atoms with E-state index in [0.29, 0.717) is 11.4 Å². The maximum Gasteiger partial charge on any atom is 0.196 e. The third-order valence-corrected chi connectivity index (χ3v) is 5.01. The summed E-state index contributed by atoms with van der Waals surface area (Å²) < 4.78 is 2.01. The second kappa shape index (κ2) is 7.79. The number of aliphatic hydroxyl groups excluding tert-OH is 1. The minimum Gasteiger partial charge on any atom is -0.396 e. The molecule has 0 fully saturated rings. The van der Waals surface area contributed by atoms with Crippen molar-refractivity contribution in [3.8, 4) is 17.1 Å². The number of halogens is 1. The Morgan fingerprint density at radius 2 is 1.96 bits per heavy atom. The third kappa shape index (κ3) is 3.45. The van der Waals surface area contributed by atoms with E-state index in [-0.39, 0.29) is 6.61 Å². The Labute approximate surface area is 149 Å². The van der Waals surface area contributed by atoms with Crippen LogP contribution < -0.4 is 0 Å². The monoisotopic (exact) mass is 360 g/mol. The SMILES string of the molecule is Cc1c(Cl)cccc1-n1c(SCCCO)nnc1-c1ccncc1. The van der Waals surface area contributed by atoms with Crippen LogP contribution in [0.2, 0.25) is 5.02 Å². The van der Waals surface area contributed by atoms with Gasteiger partial charge in [0.2, 0.25) is 0 Å². The average Bonchev–Trinajstić information content (AvgIpc) is 3.02. The molecule has 0 atom stereocenters. The van der Waals surface area contributed by atoms with Crippen LogP contribution in [-0.4, -0.2) is 37.2 Å². The molecule has 0 spiro atoms. The minimum absolute atomic E-state index is 0.161. The molecular weight excluding hydrogens is 344 g/mol. The molecule has 124 valence electrons. The first kappa shape index (κ1) is 17.0. The molecule has 0 unspecified atom stereocenters. The minimum atomic E-state index is 0.161. The summed E-state index contributed by atoms with van der Waals surface area (Å²) >= 11 is 7.87. The van der Waals surface area contributed by atoms with Crippen molar-refractivity contribution in [3.63, 3.8) is 0 Å². The first-order valence-corrected chi connectivity index (χ1v) is 8.93. The molecule has 0 bridgehead atoms. The number of pyridine rings is 1. The second-order valence-corrected chi connectivity index (χ2v) is 6.66. The molecule has 0 radical (unpaired) electrons. The van der Waals surface area contributed by atoms with Crippen molar-refractivity contribution < 1.29 is 5.11 Å². The van der Waals surface area contributed by atoms with Gasteiger partial charge < -0.3 is 5.11 Å². The molecule has 3 aromatic rings. The highest BCUT2D eigenvalue weighted by molar-refractivity contribution is 7.99. The topological polar surface area (TPSA) is 63.8 Å². The maximum atomic E-state index is 9.01. The quantitative estimate of drug-likeness (QED) is 0.535. The number of benzene rings is 1. The average molecular weight is 361 g/mol. The fourth-order valence-corrected chi connectivity index (χ4v) is 3.37. The van der Waals surface area contributed by atoms with Gasteiger partial charge in [0.25, 0.3) is 0 Å². The summed E-state index contributed by atoms with van der Waals surface area (Å²) in [5, 5.41) is 19.2. The zero-order valence-electron chi connectivity index (χ0n) is 13.2. The van der Waals surface area contributed by atoms with Crippen molar-refractivity contribution in [2.75, 3.05) is 12.4 Å². The van der Waals surface area contributed by atoms with E-state index < -0.39 is 0 Å². The summed E-state index contributed by atoms with van der Waals surface area (Å²) in [6.07, 6.45) is 4.17. The Morgan fingerprint density at radius 1 is 1.17 bits per heavy atom. The fraction of sp³-hybridized carbons (Fsp3) is 0.235. The van der Waals surface area contributed by atoms with Gasteiger partial charge in [-0.15, -0.1) is 10.2 Å². The van der Waals surface area contributed by atoms with Gasteiger partial charge in [0, 0.05) is 35.3 Å². The van der Waals surface area contributed by atoms with Gasteiger partial charge in [-0.05, 0) is 43.2 Å². The van der Waals surface area contributed by atoms with Crippen LogP contribution in [0.15, 0.2) is 47.9 Å². The molecule has 0 aliphatic rings. The molecule has 0 aliphatic heterocycles. The first-order valence-electron chi connectivity index (χ1n) is 7.57. The van der Waals surface area contributed by atoms with Gasteiger partial charge in [-0.3, -0.25) is 9.55 Å². The van der Waals surface area contributed by atoms with Gasteiger partial charge in [0.15, 0.2) is 11.0 Å². The number of aliphatic hydroxyl groups is 1. The van der Waals surface area contributed by atoms with Crippen LogP contribution in [0.25, 0.3) is 17.1 Å². The summed E-state index contributed by atoms with van der Waals surface area (Å²) in [5.74, 6) is 1.51. The molecule has 1 N–H and O–H groups in total. The lowest BCUT2D eigenvalue weighted by atomic mass is 10.2. The fourth-order valence-electron chi connectivity index (χ4n) is 2.33. The number of nitrogens with zero attached hydrogens (tertiary/aromatic N) is 4. The van der Waals surface area contributed by atoms with Crippen LogP contribution in [0.1, 0.15) is 12.0 Å². The number of aromatic nitrogens is 4. The van der Waals surface area contributed by atoms with Crippen LogP contribution in [0.3, 0.4) is 0 Å². The van der Waals surface area contributed by atoms with Gasteiger partial charge in [-0.25, -0.2) is 0 Å². The van der Waals surface area contributed by atoms with E-state index in [0.717, 1.165) is 33.5 Å². The lowest BCUT2D eigenvalue weighted by Gasteiger charge is -2.13. The Hall–Kier alpha value is -1.89. The number of rotatable bonds is 6. The van der Waals surface area contributed by atoms with Crippen LogP contribution in [0, 0.1) is 6.92 Å². The summed E-state index contributed by atoms with van der Waals surface area (Å²) in [6.45, 7) is 2.14. The molecule has 1 aromatic carbocycles. The standard InChI is InChI=1S/C17H17ClN4OS/c1-12-14(18)4-2-5-15(12)22-16(13-6-8-19-9-7-13)20-21-17(22)24-11-3-10-23/h2,4-9,23H,3,10-11H2,1H3. The molecule has 2 heterocycles. The highest BCUT2D eigenvalue weighted by Crippen LogP contribution is 2.31. The summed E-state index contributed by atoms with van der Waals surface area (Å²) in [5.41, 5.74) is 2.86. The number of thioether (sulfide) groups is 1. The Balaban J connectivity index is 2.12. The van der Waals surface area contributed by atoms with Crippen molar-refractivity contribution in [2.24, 2.45) is 0 Å². The van der Waals surface area contributed by atoms with Crippen LogP contribution in [0.4, 0.5) is 0 Å². The lowest BCUT2D eigenvalue weighted by Crippen LogP contribution is -2.03. The smallest absolute Gasteiger partial charge is 0.196 e. The molecule has 3 rings (SSSR count). The van der Waals surface area contributed by atoms with E-state index >= 15 is 0 Å². The van der Waals surface area contributed by atoms with Gasteiger partial charge in [-0.2, -0.15) is 0 Å². The highest BCUT2D eigenvalue weighted by atomic mass is 35.5. The van der Waals surface area contributed by atoms with Gasteiger partial charge >= 0.3 is 0 Å². The predicted octanol–water partition coefficient (Wildman–Crippen LogP) is 3.77. The van der Waals surface area contributed by atoms with Crippen LogP contribution in [-0.2, 0) is 0 Å². The predicted molar refractivity (Wildman–Crippen MR) is 96.8 cm³/mol. The molecule has 0 saturated heterocycles. The zero-order valence-corrected chi connectivity index (χ0v) is 14.8. The van der Waals surface area contributed by atoms with Gasteiger partial charge in [0.1, 0.15) is 0 Å². The molecule has 5 nitrogen and oxygen atoms in total. The van der Waals surface area contributed by atoms with Crippen molar-refractivity contribution in [1.29, 1.82) is 0 Å². The summed E-state index contributed by atoms with van der Waals surface area (Å²) in [7, 11) is 0. The van der Waals surface area contributed by atoms with Crippen molar-refractivity contribution in [2.45, 2.75) is 18.5 Å². The van der Waals surface area contributed by atoms with E-state index in [1.54, 1.807) is 24.2 Å². The maximum absolute atomic E-state index is 9.01. The zero-order chi connectivity index (χ0) is 16.9. The Morgan fingerprint density at radius 3 is 2.71 bits per heavy atom. The Kier molecular flexibility index (Phi) is 5.50.